The van der Waals surface area contributed by atoms with Crippen LogP contribution in [-0.2, 0) is 0 Å². The minimum Gasteiger partial charge on any atom is -0.508 e. The minimum atomic E-state index is 0.273. The van der Waals surface area contributed by atoms with Crippen molar-refractivity contribution in [1.82, 2.24) is 0 Å². The van der Waals surface area contributed by atoms with Crippen molar-refractivity contribution in [2.75, 3.05) is 14.1 Å². The fraction of sp³-hybridized carbons (Fsp3) is 0.391. The lowest BCUT2D eigenvalue weighted by atomic mass is 9.85. The van der Waals surface area contributed by atoms with Crippen LogP contribution in [0.15, 0.2) is 54.6 Å². The van der Waals surface area contributed by atoms with Gasteiger partial charge in [0.1, 0.15) is 11.5 Å². The Kier molecular flexibility index (Phi) is 4.28. The van der Waals surface area contributed by atoms with Crippen LogP contribution >= 0.6 is 0 Å². The molecule has 0 spiro atoms. The molecule has 136 valence electrons. The van der Waals surface area contributed by atoms with E-state index in [-0.39, 0.29) is 11.5 Å². The van der Waals surface area contributed by atoms with E-state index in [1.165, 1.54) is 25.7 Å². The first-order chi connectivity index (χ1) is 12.4. The highest BCUT2D eigenvalue weighted by Crippen LogP contribution is 2.44. The molecule has 26 heavy (non-hydrogen) atoms. The number of phenolic OH excluding ortho intramolecular Hbond substituents is 2. The number of fused-ring (bicyclic) bond motifs is 2. The molecule has 2 atom stereocenters. The third-order valence-corrected chi connectivity index (χ3v) is 6.58. The minimum absolute atomic E-state index is 0.273. The Bertz CT molecular complexity index is 776. The average molecular weight is 350 g/mol. The number of hydrogen-bond acceptors (Lipinski definition) is 2. The van der Waals surface area contributed by atoms with Gasteiger partial charge in [-0.1, -0.05) is 30.3 Å². The maximum atomic E-state index is 9.95. The van der Waals surface area contributed by atoms with Crippen LogP contribution in [0, 0.1) is 5.92 Å². The van der Waals surface area contributed by atoms with Gasteiger partial charge >= 0.3 is 0 Å². The fourth-order valence-electron chi connectivity index (χ4n) is 5.00. The molecule has 3 heteroatoms. The molecular weight excluding hydrogens is 322 g/mol. The lowest BCUT2D eigenvalue weighted by molar-refractivity contribution is -0.931. The zero-order valence-corrected chi connectivity index (χ0v) is 15.6. The fourth-order valence-corrected chi connectivity index (χ4v) is 5.00. The summed E-state index contributed by atoms with van der Waals surface area (Å²) in [6.07, 6.45) is 7.47. The number of rotatable bonds is 3. The molecule has 2 aliphatic rings. The number of hydrogen-bond donors (Lipinski definition) is 2. The van der Waals surface area contributed by atoms with Crippen LogP contribution in [0.25, 0.3) is 5.57 Å². The SMILES string of the molecule is C[N+]1(C)C2CCC1CC(C=C(c1cccc(O)c1)c1cccc(O)c1)C2. The van der Waals surface area contributed by atoms with Gasteiger partial charge in [0.25, 0.3) is 0 Å². The Labute approximate surface area is 155 Å². The van der Waals surface area contributed by atoms with Crippen molar-refractivity contribution in [3.63, 3.8) is 0 Å². The second-order valence-corrected chi connectivity index (χ2v) is 8.43. The van der Waals surface area contributed by atoms with Gasteiger partial charge in [0.15, 0.2) is 0 Å². The van der Waals surface area contributed by atoms with Crippen LogP contribution in [-0.4, -0.2) is 40.9 Å². The Balaban J connectivity index is 1.73. The van der Waals surface area contributed by atoms with Crippen molar-refractivity contribution < 1.29 is 14.7 Å². The van der Waals surface area contributed by atoms with Crippen molar-refractivity contribution in [3.05, 3.63) is 65.7 Å². The normalized spacial score (nSPS) is 26.5. The van der Waals surface area contributed by atoms with Crippen molar-refractivity contribution in [3.8, 4) is 11.5 Å². The number of aromatic hydroxyl groups is 2. The molecule has 2 bridgehead atoms. The Morgan fingerprint density at radius 1 is 0.885 bits per heavy atom. The van der Waals surface area contributed by atoms with Crippen LogP contribution in [0.2, 0.25) is 0 Å². The summed E-state index contributed by atoms with van der Waals surface area (Å²) in [5, 5.41) is 19.9. The summed E-state index contributed by atoms with van der Waals surface area (Å²) in [6, 6.07) is 16.3. The monoisotopic (exact) mass is 350 g/mol. The van der Waals surface area contributed by atoms with Crippen molar-refractivity contribution in [2.45, 2.75) is 37.8 Å². The first kappa shape index (κ1) is 17.2. The van der Waals surface area contributed by atoms with E-state index < -0.39 is 0 Å². The third kappa shape index (κ3) is 3.12. The zero-order valence-electron chi connectivity index (χ0n) is 15.6. The molecule has 2 unspecified atom stereocenters. The van der Waals surface area contributed by atoms with Gasteiger partial charge < -0.3 is 14.7 Å². The first-order valence-corrected chi connectivity index (χ1v) is 9.57. The van der Waals surface area contributed by atoms with Gasteiger partial charge in [-0.05, 0) is 46.9 Å². The summed E-state index contributed by atoms with van der Waals surface area (Å²) in [7, 11) is 4.77. The van der Waals surface area contributed by atoms with E-state index in [0.717, 1.165) is 33.3 Å². The topological polar surface area (TPSA) is 40.5 Å². The molecule has 0 amide bonds. The number of allylic oxidation sites excluding steroid dienone is 1. The van der Waals surface area contributed by atoms with E-state index in [4.69, 9.17) is 0 Å². The van der Waals surface area contributed by atoms with Crippen LogP contribution in [0.4, 0.5) is 0 Å². The van der Waals surface area contributed by atoms with Crippen LogP contribution in [0.5, 0.6) is 11.5 Å². The summed E-state index contributed by atoms with van der Waals surface area (Å²) < 4.78 is 1.16. The Morgan fingerprint density at radius 2 is 1.38 bits per heavy atom. The summed E-state index contributed by atoms with van der Waals surface area (Å²) in [4.78, 5) is 0. The number of phenols is 2. The number of piperidine rings is 1. The second-order valence-electron chi connectivity index (χ2n) is 8.43. The van der Waals surface area contributed by atoms with E-state index in [1.807, 2.05) is 36.4 Å². The summed E-state index contributed by atoms with van der Waals surface area (Å²) in [5.41, 5.74) is 3.11. The molecule has 2 aliphatic heterocycles. The number of nitrogens with zero attached hydrogens (tertiary/aromatic N) is 1. The third-order valence-electron chi connectivity index (χ3n) is 6.58. The van der Waals surface area contributed by atoms with Crippen LogP contribution < -0.4 is 0 Å². The largest absolute Gasteiger partial charge is 0.508 e. The first-order valence-electron chi connectivity index (χ1n) is 9.57. The van der Waals surface area contributed by atoms with Gasteiger partial charge in [-0.3, -0.25) is 0 Å². The van der Waals surface area contributed by atoms with Gasteiger partial charge in [0, 0.05) is 25.7 Å². The van der Waals surface area contributed by atoms with Gasteiger partial charge in [0.05, 0.1) is 26.2 Å². The quantitative estimate of drug-likeness (QED) is 0.798. The molecule has 2 aromatic rings. The molecule has 0 aromatic heterocycles. The molecular formula is C23H28NO2+. The second kappa shape index (κ2) is 6.48. The van der Waals surface area contributed by atoms with Gasteiger partial charge in [-0.15, -0.1) is 0 Å². The molecule has 3 nitrogen and oxygen atoms in total. The van der Waals surface area contributed by atoms with E-state index in [0.29, 0.717) is 5.92 Å². The van der Waals surface area contributed by atoms with E-state index in [2.05, 4.69) is 20.2 Å². The Hall–Kier alpha value is -2.26. The van der Waals surface area contributed by atoms with E-state index >= 15 is 0 Å². The van der Waals surface area contributed by atoms with Crippen LogP contribution in [0.3, 0.4) is 0 Å². The maximum Gasteiger partial charge on any atom is 0.116 e. The highest BCUT2D eigenvalue weighted by molar-refractivity contribution is 5.81. The van der Waals surface area contributed by atoms with E-state index in [9.17, 15) is 10.2 Å². The van der Waals surface area contributed by atoms with Crippen molar-refractivity contribution in [1.29, 1.82) is 0 Å². The Morgan fingerprint density at radius 3 is 1.85 bits per heavy atom. The molecule has 2 fully saturated rings. The molecule has 0 aliphatic carbocycles. The summed E-state index contributed by atoms with van der Waals surface area (Å²) in [6.45, 7) is 0. The van der Waals surface area contributed by atoms with Gasteiger partial charge in [-0.25, -0.2) is 0 Å². The molecule has 2 N–H and O–H groups in total. The lowest BCUT2D eigenvalue weighted by Gasteiger charge is -2.44. The smallest absolute Gasteiger partial charge is 0.116 e. The maximum absolute atomic E-state index is 9.95. The van der Waals surface area contributed by atoms with E-state index in [1.54, 1.807) is 12.1 Å². The van der Waals surface area contributed by atoms with Crippen molar-refractivity contribution >= 4 is 5.57 Å². The molecule has 2 saturated heterocycles. The molecule has 0 radical (unpaired) electrons. The average Bonchev–Trinajstić information content (AvgIpc) is 2.77. The van der Waals surface area contributed by atoms with Crippen LogP contribution in [0.1, 0.15) is 36.8 Å². The molecule has 2 heterocycles. The van der Waals surface area contributed by atoms with Gasteiger partial charge in [-0.2, -0.15) is 0 Å². The predicted octanol–water partition coefficient (Wildman–Crippen LogP) is 4.55. The lowest BCUT2D eigenvalue weighted by Crippen LogP contribution is -2.54. The van der Waals surface area contributed by atoms with Crippen molar-refractivity contribution in [2.24, 2.45) is 5.92 Å². The molecule has 0 saturated carbocycles. The highest BCUT2D eigenvalue weighted by atomic mass is 16.3. The number of benzene rings is 2. The highest BCUT2D eigenvalue weighted by Gasteiger charge is 2.48. The predicted molar refractivity (Wildman–Crippen MR) is 105 cm³/mol. The zero-order chi connectivity index (χ0) is 18.3. The molecule has 2 aromatic carbocycles. The summed E-state index contributed by atoms with van der Waals surface area (Å²) in [5.74, 6) is 1.09. The molecule has 4 rings (SSSR count). The van der Waals surface area contributed by atoms with Gasteiger partial charge in [0.2, 0.25) is 0 Å². The number of quaternary nitrogens is 1. The standard InChI is InChI=1S/C23H27NO2/c1-24(2)19-9-10-20(24)12-16(11-19)13-23(17-5-3-7-21(25)14-17)18-6-4-8-22(26)15-18/h3-8,13-16,19-20H,9-12H2,1-2H3,(H-,25,26)/p+1. The summed E-state index contributed by atoms with van der Waals surface area (Å²) >= 11 is 0.